The average Bonchev–Trinajstić information content (AvgIpc) is 1.98. The Labute approximate surface area is 73.2 Å². The van der Waals surface area contributed by atoms with Gasteiger partial charge < -0.3 is 5.32 Å². The van der Waals surface area contributed by atoms with Crippen LogP contribution in [-0.4, -0.2) is 15.5 Å². The van der Waals surface area contributed by atoms with Gasteiger partial charge in [0.1, 0.15) is 5.82 Å². The van der Waals surface area contributed by atoms with E-state index in [-0.39, 0.29) is 11.7 Å². The van der Waals surface area contributed by atoms with Crippen LogP contribution < -0.4 is 16.6 Å². The molecule has 0 unspecified atom stereocenters. The molecule has 0 saturated carbocycles. The first-order valence-corrected chi connectivity index (χ1v) is 3.58. The third-order valence-electron chi connectivity index (χ3n) is 1.46. The molecule has 1 amide bonds. The van der Waals surface area contributed by atoms with Crippen molar-refractivity contribution < 1.29 is 4.79 Å². The van der Waals surface area contributed by atoms with Crippen molar-refractivity contribution in [2.75, 3.05) is 5.32 Å². The van der Waals surface area contributed by atoms with Crippen LogP contribution in [-0.2, 0) is 11.8 Å². The van der Waals surface area contributed by atoms with E-state index in [4.69, 9.17) is 0 Å². The molecule has 2 N–H and O–H groups in total. The van der Waals surface area contributed by atoms with Gasteiger partial charge in [-0.05, 0) is 0 Å². The van der Waals surface area contributed by atoms with Crippen molar-refractivity contribution in [3.05, 3.63) is 26.9 Å². The lowest BCUT2D eigenvalue weighted by molar-refractivity contribution is -0.114. The van der Waals surface area contributed by atoms with Gasteiger partial charge in [-0.2, -0.15) is 0 Å². The maximum absolute atomic E-state index is 11.0. The maximum Gasteiger partial charge on any atom is 0.329 e. The zero-order valence-electron chi connectivity index (χ0n) is 7.25. The summed E-state index contributed by atoms with van der Waals surface area (Å²) in [6, 6.07) is 1.14. The quantitative estimate of drug-likeness (QED) is 0.587. The predicted octanol–water partition coefficient (Wildman–Crippen LogP) is -0.968. The predicted molar refractivity (Wildman–Crippen MR) is 46.6 cm³/mol. The number of nitrogens with one attached hydrogen (secondary N) is 2. The SMILES string of the molecule is CC(=O)Nc1cc(=O)n(C)c(=O)[nH]1. The van der Waals surface area contributed by atoms with Crippen molar-refractivity contribution in [1.29, 1.82) is 0 Å². The molecule has 0 fully saturated rings. The Balaban J connectivity index is 3.21. The first-order valence-electron chi connectivity index (χ1n) is 3.58. The Morgan fingerprint density at radius 2 is 2.15 bits per heavy atom. The van der Waals surface area contributed by atoms with Crippen LogP contribution in [0.1, 0.15) is 6.92 Å². The second kappa shape index (κ2) is 3.26. The monoisotopic (exact) mass is 183 g/mol. The number of carbonyl (C=O) groups is 1. The molecule has 6 nitrogen and oxygen atoms in total. The summed E-state index contributed by atoms with van der Waals surface area (Å²) in [5.41, 5.74) is -1.02. The van der Waals surface area contributed by atoms with Crippen LogP contribution in [0, 0.1) is 0 Å². The fourth-order valence-electron chi connectivity index (χ4n) is 0.813. The molecule has 0 aromatic carbocycles. The second-order valence-corrected chi connectivity index (χ2v) is 2.57. The van der Waals surface area contributed by atoms with Crippen LogP contribution in [0.5, 0.6) is 0 Å². The van der Waals surface area contributed by atoms with Gasteiger partial charge in [0.15, 0.2) is 0 Å². The number of H-pyrrole nitrogens is 1. The fraction of sp³-hybridized carbons (Fsp3) is 0.286. The van der Waals surface area contributed by atoms with Gasteiger partial charge in [-0.15, -0.1) is 0 Å². The lowest BCUT2D eigenvalue weighted by atomic mass is 10.5. The molecular weight excluding hydrogens is 174 g/mol. The topological polar surface area (TPSA) is 84.0 Å². The molecule has 0 radical (unpaired) electrons. The van der Waals surface area contributed by atoms with E-state index in [0.29, 0.717) is 0 Å². The Morgan fingerprint density at radius 3 is 2.62 bits per heavy atom. The largest absolute Gasteiger partial charge is 0.329 e. The summed E-state index contributed by atoms with van der Waals surface area (Å²) in [6.45, 7) is 1.29. The summed E-state index contributed by atoms with van der Waals surface area (Å²) in [4.78, 5) is 34.9. The fourth-order valence-corrected chi connectivity index (χ4v) is 0.813. The lowest BCUT2D eigenvalue weighted by Gasteiger charge is -2.01. The molecule has 1 aromatic heterocycles. The number of amides is 1. The zero-order valence-corrected chi connectivity index (χ0v) is 7.25. The van der Waals surface area contributed by atoms with Gasteiger partial charge in [-0.1, -0.05) is 0 Å². The number of hydrogen-bond donors (Lipinski definition) is 2. The summed E-state index contributed by atoms with van der Waals surface area (Å²) in [6.07, 6.45) is 0. The molecule has 0 atom stereocenters. The summed E-state index contributed by atoms with van der Waals surface area (Å²) in [5.74, 6) is -0.232. The molecule has 0 aliphatic rings. The van der Waals surface area contributed by atoms with E-state index in [1.54, 1.807) is 0 Å². The minimum Gasteiger partial charge on any atom is -0.312 e. The first kappa shape index (κ1) is 9.24. The smallest absolute Gasteiger partial charge is 0.312 e. The third-order valence-corrected chi connectivity index (χ3v) is 1.46. The van der Waals surface area contributed by atoms with Crippen LogP contribution >= 0.6 is 0 Å². The Kier molecular flexibility index (Phi) is 2.32. The van der Waals surface area contributed by atoms with Crippen LogP contribution in [0.25, 0.3) is 0 Å². The highest BCUT2D eigenvalue weighted by Crippen LogP contribution is 1.91. The molecule has 1 heterocycles. The van der Waals surface area contributed by atoms with Crippen molar-refractivity contribution in [3.63, 3.8) is 0 Å². The van der Waals surface area contributed by atoms with Crippen LogP contribution in [0.3, 0.4) is 0 Å². The van der Waals surface area contributed by atoms with Crippen LogP contribution in [0.15, 0.2) is 15.7 Å². The van der Waals surface area contributed by atoms with Gasteiger partial charge in [0.05, 0.1) is 0 Å². The van der Waals surface area contributed by atoms with Gasteiger partial charge in [0.2, 0.25) is 5.91 Å². The van der Waals surface area contributed by atoms with Crippen molar-refractivity contribution in [3.8, 4) is 0 Å². The van der Waals surface area contributed by atoms with Crippen molar-refractivity contribution >= 4 is 11.7 Å². The third kappa shape index (κ3) is 2.05. The van der Waals surface area contributed by atoms with Gasteiger partial charge in [-0.3, -0.25) is 19.1 Å². The van der Waals surface area contributed by atoms with E-state index in [9.17, 15) is 14.4 Å². The Bertz CT molecular complexity index is 412. The number of rotatable bonds is 1. The number of aromatic amines is 1. The Hall–Kier alpha value is -1.85. The van der Waals surface area contributed by atoms with E-state index in [0.717, 1.165) is 10.6 Å². The number of hydrogen-bond acceptors (Lipinski definition) is 3. The van der Waals surface area contributed by atoms with E-state index in [1.165, 1.54) is 14.0 Å². The minimum atomic E-state index is -0.559. The lowest BCUT2D eigenvalue weighted by Crippen LogP contribution is -2.32. The van der Waals surface area contributed by atoms with Crippen molar-refractivity contribution in [2.45, 2.75) is 6.92 Å². The molecule has 1 rings (SSSR count). The van der Waals surface area contributed by atoms with E-state index >= 15 is 0 Å². The normalized spacial score (nSPS) is 9.69. The molecular formula is C7H9N3O3. The van der Waals surface area contributed by atoms with Crippen molar-refractivity contribution in [2.24, 2.45) is 7.05 Å². The van der Waals surface area contributed by atoms with Crippen LogP contribution in [0.4, 0.5) is 5.82 Å². The molecule has 0 aliphatic heterocycles. The molecule has 0 saturated heterocycles. The van der Waals surface area contributed by atoms with Gasteiger partial charge >= 0.3 is 5.69 Å². The standard InChI is InChI=1S/C7H9N3O3/c1-4(11)8-5-3-6(12)10(2)7(13)9-5/h3H,1-2H3,(H,8,11)(H,9,13). The number of anilines is 1. The van der Waals surface area contributed by atoms with Gasteiger partial charge in [-0.25, -0.2) is 4.79 Å². The highest BCUT2D eigenvalue weighted by Gasteiger charge is 2.00. The molecule has 13 heavy (non-hydrogen) atoms. The molecule has 1 aromatic rings. The highest BCUT2D eigenvalue weighted by atomic mass is 16.2. The molecule has 70 valence electrons. The van der Waals surface area contributed by atoms with Crippen molar-refractivity contribution in [1.82, 2.24) is 9.55 Å². The van der Waals surface area contributed by atoms with E-state index < -0.39 is 11.2 Å². The zero-order chi connectivity index (χ0) is 10.0. The van der Waals surface area contributed by atoms with Gasteiger partial charge in [0.25, 0.3) is 5.56 Å². The summed E-state index contributed by atoms with van der Waals surface area (Å²) in [5, 5.41) is 2.31. The molecule has 0 spiro atoms. The maximum atomic E-state index is 11.0. The molecule has 6 heteroatoms. The highest BCUT2D eigenvalue weighted by molar-refractivity contribution is 5.87. The number of aromatic nitrogens is 2. The second-order valence-electron chi connectivity index (χ2n) is 2.57. The summed E-state index contributed by atoms with van der Waals surface area (Å²) >= 11 is 0. The summed E-state index contributed by atoms with van der Waals surface area (Å²) in [7, 11) is 1.35. The average molecular weight is 183 g/mol. The molecule has 0 bridgehead atoms. The van der Waals surface area contributed by atoms with E-state index in [1.807, 2.05) is 0 Å². The minimum absolute atomic E-state index is 0.112. The Morgan fingerprint density at radius 1 is 1.54 bits per heavy atom. The number of nitrogens with zero attached hydrogens (tertiary/aromatic N) is 1. The summed E-state index contributed by atoms with van der Waals surface area (Å²) < 4.78 is 0.908. The van der Waals surface area contributed by atoms with E-state index in [2.05, 4.69) is 10.3 Å². The number of carbonyl (C=O) groups excluding carboxylic acids is 1. The van der Waals surface area contributed by atoms with Crippen LogP contribution in [0.2, 0.25) is 0 Å². The molecule has 0 aliphatic carbocycles. The first-order chi connectivity index (χ1) is 6.00. The van der Waals surface area contributed by atoms with Gasteiger partial charge in [0, 0.05) is 20.0 Å².